The first kappa shape index (κ1) is 10.7. The number of carboxylic acids is 1. The van der Waals surface area contributed by atoms with Crippen molar-refractivity contribution in [2.45, 2.75) is 32.2 Å². The Balaban J connectivity index is 2.64. The quantitative estimate of drug-likeness (QED) is 0.749. The molecule has 1 rings (SSSR count). The van der Waals surface area contributed by atoms with Crippen molar-refractivity contribution < 1.29 is 14.4 Å². The van der Waals surface area contributed by atoms with E-state index >= 15 is 0 Å². The van der Waals surface area contributed by atoms with Gasteiger partial charge >= 0.3 is 5.97 Å². The van der Waals surface area contributed by atoms with Gasteiger partial charge in [-0.15, -0.1) is 0 Å². The third-order valence-corrected chi connectivity index (χ3v) is 1.79. The first-order valence-corrected chi connectivity index (χ1v) is 4.36. The van der Waals surface area contributed by atoms with Crippen molar-refractivity contribution in [1.82, 2.24) is 5.16 Å². The fraction of sp³-hybridized carbons (Fsp3) is 0.556. The van der Waals surface area contributed by atoms with Gasteiger partial charge in [0, 0.05) is 12.5 Å². The summed E-state index contributed by atoms with van der Waals surface area (Å²) in [5.74, 6) is -0.278. The highest BCUT2D eigenvalue weighted by Gasteiger charge is 2.20. The summed E-state index contributed by atoms with van der Waals surface area (Å²) in [5.41, 5.74) is 5.83. The maximum atomic E-state index is 10.3. The molecule has 0 bridgehead atoms. The van der Waals surface area contributed by atoms with Crippen molar-refractivity contribution in [3.05, 3.63) is 17.5 Å². The summed E-state index contributed by atoms with van der Waals surface area (Å²) in [5, 5.41) is 12.2. The highest BCUT2D eigenvalue weighted by molar-refractivity contribution is 5.66. The largest absolute Gasteiger partial charge is 0.481 e. The second kappa shape index (κ2) is 3.79. The van der Waals surface area contributed by atoms with Crippen LogP contribution in [0.2, 0.25) is 0 Å². The van der Waals surface area contributed by atoms with Crippen molar-refractivity contribution in [2.24, 2.45) is 5.73 Å². The molecule has 0 spiro atoms. The lowest BCUT2D eigenvalue weighted by molar-refractivity contribution is -0.136. The monoisotopic (exact) mass is 198 g/mol. The lowest BCUT2D eigenvalue weighted by atomic mass is 10.0. The molecule has 0 amide bonds. The Morgan fingerprint density at radius 3 is 2.79 bits per heavy atom. The molecule has 3 N–H and O–H groups in total. The molecule has 0 saturated carbocycles. The zero-order chi connectivity index (χ0) is 10.8. The van der Waals surface area contributed by atoms with Crippen LogP contribution in [0, 0.1) is 0 Å². The summed E-state index contributed by atoms with van der Waals surface area (Å²) in [6.45, 7) is 3.60. The van der Waals surface area contributed by atoms with Crippen molar-refractivity contribution in [3.8, 4) is 0 Å². The number of hydrogen-bond donors (Lipinski definition) is 2. The molecule has 5 heteroatoms. The molecule has 0 saturated heterocycles. The molecular weight excluding hydrogens is 184 g/mol. The van der Waals surface area contributed by atoms with Crippen LogP contribution in [-0.4, -0.2) is 16.2 Å². The van der Waals surface area contributed by atoms with Gasteiger partial charge in [-0.05, 0) is 13.8 Å². The SMILES string of the molecule is CC(C)(N)c1cc(CCC(=O)O)no1. The van der Waals surface area contributed by atoms with Crippen LogP contribution in [0.1, 0.15) is 31.7 Å². The first-order chi connectivity index (χ1) is 6.39. The number of aromatic nitrogens is 1. The minimum Gasteiger partial charge on any atom is -0.481 e. The van der Waals surface area contributed by atoms with E-state index in [4.69, 9.17) is 15.4 Å². The van der Waals surface area contributed by atoms with E-state index in [9.17, 15) is 4.79 Å². The summed E-state index contributed by atoms with van der Waals surface area (Å²) in [6, 6.07) is 1.70. The molecule has 0 aliphatic carbocycles. The molecule has 0 aliphatic rings. The van der Waals surface area contributed by atoms with E-state index in [2.05, 4.69) is 5.16 Å². The van der Waals surface area contributed by atoms with Crippen molar-refractivity contribution in [2.75, 3.05) is 0 Å². The van der Waals surface area contributed by atoms with E-state index in [1.165, 1.54) is 0 Å². The fourth-order valence-electron chi connectivity index (χ4n) is 0.968. The Labute approximate surface area is 81.9 Å². The van der Waals surface area contributed by atoms with Crippen LogP contribution in [0.5, 0.6) is 0 Å². The van der Waals surface area contributed by atoms with Gasteiger partial charge in [0.1, 0.15) is 0 Å². The molecule has 0 aliphatic heterocycles. The maximum Gasteiger partial charge on any atom is 0.303 e. The normalized spacial score (nSPS) is 11.6. The van der Waals surface area contributed by atoms with Gasteiger partial charge in [-0.1, -0.05) is 5.16 Å². The highest BCUT2D eigenvalue weighted by atomic mass is 16.5. The fourth-order valence-corrected chi connectivity index (χ4v) is 0.968. The van der Waals surface area contributed by atoms with Crippen LogP contribution >= 0.6 is 0 Å². The molecule has 0 radical (unpaired) electrons. The molecular formula is C9H14N2O3. The van der Waals surface area contributed by atoms with Gasteiger partial charge in [-0.25, -0.2) is 0 Å². The predicted molar refractivity (Wildman–Crippen MR) is 49.7 cm³/mol. The summed E-state index contributed by atoms with van der Waals surface area (Å²) in [6.07, 6.45) is 0.423. The zero-order valence-corrected chi connectivity index (χ0v) is 8.28. The lowest BCUT2D eigenvalue weighted by Gasteiger charge is -2.12. The lowest BCUT2D eigenvalue weighted by Crippen LogP contribution is -2.27. The molecule has 14 heavy (non-hydrogen) atoms. The first-order valence-electron chi connectivity index (χ1n) is 4.36. The summed E-state index contributed by atoms with van der Waals surface area (Å²) in [4.78, 5) is 10.3. The minimum atomic E-state index is -0.846. The van der Waals surface area contributed by atoms with Crippen LogP contribution in [-0.2, 0) is 16.8 Å². The van der Waals surface area contributed by atoms with Gasteiger partial charge in [0.25, 0.3) is 0 Å². The van der Waals surface area contributed by atoms with Crippen molar-refractivity contribution in [1.29, 1.82) is 0 Å². The Morgan fingerprint density at radius 2 is 2.36 bits per heavy atom. The Bertz CT molecular complexity index is 325. The van der Waals surface area contributed by atoms with E-state index in [1.807, 2.05) is 0 Å². The van der Waals surface area contributed by atoms with E-state index in [1.54, 1.807) is 19.9 Å². The smallest absolute Gasteiger partial charge is 0.303 e. The minimum absolute atomic E-state index is 0.0526. The van der Waals surface area contributed by atoms with Gasteiger partial charge in [0.05, 0.1) is 17.7 Å². The third-order valence-electron chi connectivity index (χ3n) is 1.79. The van der Waals surface area contributed by atoms with Crippen LogP contribution < -0.4 is 5.73 Å². The van der Waals surface area contributed by atoms with Crippen LogP contribution in [0.3, 0.4) is 0 Å². The zero-order valence-electron chi connectivity index (χ0n) is 8.28. The number of hydrogen-bond acceptors (Lipinski definition) is 4. The van der Waals surface area contributed by atoms with Crippen molar-refractivity contribution >= 4 is 5.97 Å². The van der Waals surface area contributed by atoms with Gasteiger partial charge in [-0.2, -0.15) is 0 Å². The van der Waals surface area contributed by atoms with E-state index < -0.39 is 11.5 Å². The van der Waals surface area contributed by atoms with Crippen LogP contribution in [0.25, 0.3) is 0 Å². The Hall–Kier alpha value is -1.36. The molecule has 0 aromatic carbocycles. The van der Waals surface area contributed by atoms with E-state index in [0.29, 0.717) is 17.9 Å². The molecule has 0 unspecified atom stereocenters. The van der Waals surface area contributed by atoms with Crippen LogP contribution in [0.15, 0.2) is 10.6 Å². The number of nitrogens with zero attached hydrogens (tertiary/aromatic N) is 1. The van der Waals surface area contributed by atoms with Crippen molar-refractivity contribution in [3.63, 3.8) is 0 Å². The number of aryl methyl sites for hydroxylation is 1. The summed E-state index contributed by atoms with van der Waals surface area (Å²) in [7, 11) is 0. The Morgan fingerprint density at radius 1 is 1.71 bits per heavy atom. The molecule has 1 aromatic heterocycles. The second-order valence-electron chi connectivity index (χ2n) is 3.80. The standard InChI is InChI=1S/C9H14N2O3/c1-9(2,10)7-5-6(11-14-7)3-4-8(12)13/h5H,3-4,10H2,1-2H3,(H,12,13). The maximum absolute atomic E-state index is 10.3. The number of nitrogens with two attached hydrogens (primary N) is 1. The number of carboxylic acid groups (broad SMARTS) is 1. The number of aliphatic carboxylic acids is 1. The van der Waals surface area contributed by atoms with Gasteiger partial charge in [0.2, 0.25) is 0 Å². The van der Waals surface area contributed by atoms with Crippen LogP contribution in [0.4, 0.5) is 0 Å². The number of rotatable bonds is 4. The molecule has 1 heterocycles. The Kier molecular flexibility index (Phi) is 2.90. The third kappa shape index (κ3) is 2.85. The molecule has 78 valence electrons. The predicted octanol–water partition coefficient (Wildman–Crippen LogP) is 0.886. The van der Waals surface area contributed by atoms with Gasteiger partial charge in [-0.3, -0.25) is 4.79 Å². The highest BCUT2D eigenvalue weighted by Crippen LogP contribution is 2.18. The molecule has 0 atom stereocenters. The average Bonchev–Trinajstić information content (AvgIpc) is 2.47. The summed E-state index contributed by atoms with van der Waals surface area (Å²) < 4.78 is 4.99. The van der Waals surface area contributed by atoms with E-state index in [0.717, 1.165) is 0 Å². The topological polar surface area (TPSA) is 89.4 Å². The van der Waals surface area contributed by atoms with E-state index in [-0.39, 0.29) is 6.42 Å². The molecule has 0 fully saturated rings. The summed E-state index contributed by atoms with van der Waals surface area (Å²) >= 11 is 0. The van der Waals surface area contributed by atoms with Gasteiger partial charge in [0.15, 0.2) is 5.76 Å². The van der Waals surface area contributed by atoms with Gasteiger partial charge < -0.3 is 15.4 Å². The number of carbonyl (C=O) groups is 1. The molecule has 5 nitrogen and oxygen atoms in total. The second-order valence-corrected chi connectivity index (χ2v) is 3.80. The molecule has 1 aromatic rings. The average molecular weight is 198 g/mol.